The number of ether oxygens (including phenoxy) is 1. The molecule has 2 aromatic rings. The summed E-state index contributed by atoms with van der Waals surface area (Å²) in [5.41, 5.74) is 0.302. The van der Waals surface area contributed by atoms with E-state index in [1.807, 2.05) is 18.2 Å². The van der Waals surface area contributed by atoms with E-state index in [1.165, 1.54) is 63.9 Å². The van der Waals surface area contributed by atoms with Crippen molar-refractivity contribution >= 4 is 10.1 Å². The molecule has 0 atom stereocenters. The van der Waals surface area contributed by atoms with Gasteiger partial charge >= 0.3 is 51.4 Å². The van der Waals surface area contributed by atoms with Gasteiger partial charge in [-0.15, -0.1) is 0 Å². The van der Waals surface area contributed by atoms with Crippen LogP contribution in [-0.2, 0) is 16.5 Å². The molecule has 0 aliphatic carbocycles. The van der Waals surface area contributed by atoms with Crippen molar-refractivity contribution in [1.82, 2.24) is 0 Å². The summed E-state index contributed by atoms with van der Waals surface area (Å²) >= 11 is 0. The molecule has 0 aliphatic rings. The fraction of sp³-hybridized carbons (Fsp3) is 0.538. The molecule has 5 nitrogen and oxygen atoms in total. The van der Waals surface area contributed by atoms with Crippen LogP contribution in [0.2, 0.25) is 0 Å². The molecule has 0 amide bonds. The summed E-state index contributed by atoms with van der Waals surface area (Å²) < 4.78 is 38.3. The zero-order chi connectivity index (χ0) is 23.2. The minimum atomic E-state index is -4.57. The predicted molar refractivity (Wildman–Crippen MR) is 127 cm³/mol. The van der Waals surface area contributed by atoms with Crippen LogP contribution in [0.4, 0.5) is 0 Å². The molecule has 33 heavy (non-hydrogen) atoms. The third-order valence-corrected chi connectivity index (χ3v) is 6.59. The molecule has 0 heterocycles. The summed E-state index contributed by atoms with van der Waals surface area (Å²) in [6, 6.07) is 11.6. The first-order valence-corrected chi connectivity index (χ1v) is 13.4. The standard InChI is InChI=1S/C26H38O5S.K/c1-2-3-4-5-6-7-8-9-10-11-12-16-19-23-24(31-22-17-14-13-15-18-22)20-21-25(26(23)27)32(28,29)30;/h13-15,17-18,20-21,27H,2-12,16,19H2,1H3,(H,28,29,30);/q;+1/p-1. The van der Waals surface area contributed by atoms with E-state index >= 15 is 0 Å². The maximum Gasteiger partial charge on any atom is 1.00 e. The van der Waals surface area contributed by atoms with Crippen LogP contribution >= 0.6 is 0 Å². The van der Waals surface area contributed by atoms with Crippen molar-refractivity contribution in [3.8, 4) is 17.2 Å². The Labute approximate surface area is 242 Å². The SMILES string of the molecule is CCCCCCCCCCCCCCc1c(Oc2ccccc2)ccc(S(=O)(=O)O)c1[O-].[K+]. The quantitative estimate of drug-likeness (QED) is 0.213. The van der Waals surface area contributed by atoms with Gasteiger partial charge in [0, 0.05) is 0 Å². The average Bonchev–Trinajstić information content (AvgIpc) is 2.76. The van der Waals surface area contributed by atoms with Crippen molar-refractivity contribution in [2.45, 2.75) is 95.3 Å². The maximum atomic E-state index is 12.7. The van der Waals surface area contributed by atoms with Crippen molar-refractivity contribution in [1.29, 1.82) is 0 Å². The minimum Gasteiger partial charge on any atom is -0.871 e. The molecule has 0 unspecified atom stereocenters. The van der Waals surface area contributed by atoms with Crippen molar-refractivity contribution in [2.75, 3.05) is 0 Å². The number of benzene rings is 2. The van der Waals surface area contributed by atoms with Crippen LogP contribution in [0.5, 0.6) is 17.2 Å². The van der Waals surface area contributed by atoms with Gasteiger partial charge in [0.25, 0.3) is 10.1 Å². The first-order chi connectivity index (χ1) is 15.4. The van der Waals surface area contributed by atoms with Crippen molar-refractivity contribution in [3.63, 3.8) is 0 Å². The Morgan fingerprint density at radius 1 is 0.788 bits per heavy atom. The van der Waals surface area contributed by atoms with Crippen molar-refractivity contribution in [2.24, 2.45) is 0 Å². The van der Waals surface area contributed by atoms with E-state index in [0.717, 1.165) is 25.3 Å². The molecular weight excluding hydrogens is 463 g/mol. The van der Waals surface area contributed by atoms with E-state index in [2.05, 4.69) is 6.92 Å². The van der Waals surface area contributed by atoms with Gasteiger partial charge in [0.15, 0.2) is 0 Å². The molecule has 2 rings (SSSR count). The third-order valence-electron chi connectivity index (χ3n) is 5.71. The monoisotopic (exact) mass is 500 g/mol. The summed E-state index contributed by atoms with van der Waals surface area (Å²) in [5, 5.41) is 12.7. The Kier molecular flexibility index (Phi) is 15.9. The Hall–Kier alpha value is -0.414. The van der Waals surface area contributed by atoms with Gasteiger partial charge in [0.1, 0.15) is 11.5 Å². The van der Waals surface area contributed by atoms with Crippen LogP contribution in [-0.4, -0.2) is 13.0 Å². The number of rotatable bonds is 16. The summed E-state index contributed by atoms with van der Waals surface area (Å²) in [5.74, 6) is 0.239. The van der Waals surface area contributed by atoms with Crippen molar-refractivity contribution in [3.05, 3.63) is 48.0 Å². The normalized spacial score (nSPS) is 11.2. The Bertz CT molecular complexity index is 900. The van der Waals surface area contributed by atoms with Crippen LogP contribution in [0.15, 0.2) is 47.4 Å². The first kappa shape index (κ1) is 30.6. The van der Waals surface area contributed by atoms with Crippen LogP contribution in [0, 0.1) is 0 Å². The second-order valence-corrected chi connectivity index (χ2v) is 9.79. The Balaban J connectivity index is 0.00000544. The van der Waals surface area contributed by atoms with Crippen LogP contribution < -0.4 is 61.2 Å². The maximum absolute atomic E-state index is 12.7. The number of unbranched alkanes of at least 4 members (excludes halogenated alkanes) is 11. The third kappa shape index (κ3) is 11.7. The molecule has 2 aromatic carbocycles. The van der Waals surface area contributed by atoms with Gasteiger partial charge in [-0.1, -0.05) is 102 Å². The molecule has 7 heteroatoms. The molecule has 0 radical (unpaired) electrons. The molecule has 0 saturated carbocycles. The minimum absolute atomic E-state index is 0. The average molecular weight is 501 g/mol. The molecule has 0 fully saturated rings. The van der Waals surface area contributed by atoms with E-state index in [9.17, 15) is 18.1 Å². The fourth-order valence-electron chi connectivity index (χ4n) is 3.88. The van der Waals surface area contributed by atoms with Gasteiger partial charge in [0.2, 0.25) is 0 Å². The topological polar surface area (TPSA) is 86.7 Å². The van der Waals surface area contributed by atoms with Gasteiger partial charge < -0.3 is 9.84 Å². The summed E-state index contributed by atoms with van der Waals surface area (Å²) in [6.07, 6.45) is 14.9. The number of hydrogen-bond donors (Lipinski definition) is 1. The number of para-hydroxylation sites is 1. The fourth-order valence-corrected chi connectivity index (χ4v) is 4.48. The van der Waals surface area contributed by atoms with E-state index in [1.54, 1.807) is 12.1 Å². The van der Waals surface area contributed by atoms with E-state index < -0.39 is 20.8 Å². The second-order valence-electron chi connectivity index (χ2n) is 8.40. The van der Waals surface area contributed by atoms with Gasteiger partial charge in [-0.05, 0) is 42.7 Å². The summed E-state index contributed by atoms with van der Waals surface area (Å²) in [6.45, 7) is 2.24. The molecule has 0 saturated heterocycles. The van der Waals surface area contributed by atoms with Crippen molar-refractivity contribution < 1.29 is 74.2 Å². The van der Waals surface area contributed by atoms with E-state index in [4.69, 9.17) is 4.74 Å². The second kappa shape index (κ2) is 17.1. The van der Waals surface area contributed by atoms with Gasteiger partial charge in [-0.3, -0.25) is 4.55 Å². The summed E-state index contributed by atoms with van der Waals surface area (Å²) in [4.78, 5) is -0.591. The molecule has 0 aromatic heterocycles. The predicted octanol–water partition coefficient (Wildman–Crippen LogP) is 4.05. The molecule has 1 N–H and O–H groups in total. The first-order valence-electron chi connectivity index (χ1n) is 12.0. The zero-order valence-electron chi connectivity index (χ0n) is 20.2. The van der Waals surface area contributed by atoms with Gasteiger partial charge in [-0.2, -0.15) is 8.42 Å². The largest absolute Gasteiger partial charge is 1.00 e. The molecule has 0 aliphatic heterocycles. The zero-order valence-corrected chi connectivity index (χ0v) is 24.2. The van der Waals surface area contributed by atoms with Crippen LogP contribution in [0.25, 0.3) is 0 Å². The Morgan fingerprint density at radius 3 is 1.82 bits per heavy atom. The van der Waals surface area contributed by atoms with Gasteiger partial charge in [-0.25, -0.2) is 0 Å². The van der Waals surface area contributed by atoms with E-state index in [0.29, 0.717) is 23.5 Å². The smallest absolute Gasteiger partial charge is 0.871 e. The number of hydrogen-bond acceptors (Lipinski definition) is 4. The van der Waals surface area contributed by atoms with Crippen LogP contribution in [0.3, 0.4) is 0 Å². The van der Waals surface area contributed by atoms with Gasteiger partial charge in [0.05, 0.1) is 4.90 Å². The van der Waals surface area contributed by atoms with Crippen LogP contribution in [0.1, 0.15) is 89.5 Å². The molecule has 0 spiro atoms. The molecule has 178 valence electrons. The molecular formula is C26H37KO5S. The summed E-state index contributed by atoms with van der Waals surface area (Å²) in [7, 11) is -4.57. The Morgan fingerprint density at radius 2 is 1.30 bits per heavy atom. The van der Waals surface area contributed by atoms with E-state index in [-0.39, 0.29) is 51.4 Å². The molecule has 0 bridgehead atoms.